The maximum atomic E-state index is 10.1. The van der Waals surface area contributed by atoms with E-state index < -0.39 is 6.10 Å². The highest BCUT2D eigenvalue weighted by Crippen LogP contribution is 2.20. The van der Waals surface area contributed by atoms with Gasteiger partial charge in [-0.3, -0.25) is 0 Å². The molecule has 3 heteroatoms. The number of hydrogen-bond acceptors (Lipinski definition) is 3. The van der Waals surface area contributed by atoms with Gasteiger partial charge in [-0.2, -0.15) is 0 Å². The monoisotopic (exact) mass is 277 g/mol. The highest BCUT2D eigenvalue weighted by Gasteiger charge is 2.23. The van der Waals surface area contributed by atoms with E-state index in [1.165, 1.54) is 6.42 Å². The summed E-state index contributed by atoms with van der Waals surface area (Å²) in [6.45, 7) is 8.49. The summed E-state index contributed by atoms with van der Waals surface area (Å²) >= 11 is 0. The van der Waals surface area contributed by atoms with Gasteiger partial charge < -0.3 is 14.7 Å². The van der Waals surface area contributed by atoms with Gasteiger partial charge >= 0.3 is 0 Å². The van der Waals surface area contributed by atoms with Gasteiger partial charge in [-0.05, 0) is 23.8 Å². The van der Waals surface area contributed by atoms with E-state index in [1.807, 2.05) is 30.3 Å². The van der Waals surface area contributed by atoms with Crippen molar-refractivity contribution in [1.82, 2.24) is 4.90 Å². The number of hydrogen-bond donors (Lipinski definition) is 1. The average Bonchev–Trinajstić information content (AvgIpc) is 2.38. The minimum absolute atomic E-state index is 0.392. The molecule has 0 spiro atoms. The molecular formula is C17H27NO2. The number of likely N-dealkylation sites (tertiary alicyclic amines) is 1. The van der Waals surface area contributed by atoms with E-state index in [0.29, 0.717) is 13.2 Å². The van der Waals surface area contributed by atoms with Crippen LogP contribution in [-0.2, 0) is 11.3 Å². The van der Waals surface area contributed by atoms with Gasteiger partial charge in [-0.15, -0.1) is 0 Å². The number of β-amino-alcohol motifs (C(OH)–C–C–N with tert-alkyl or cyclic N) is 1. The van der Waals surface area contributed by atoms with E-state index in [4.69, 9.17) is 4.74 Å². The summed E-state index contributed by atoms with van der Waals surface area (Å²) in [5.74, 6) is 1.47. The van der Waals surface area contributed by atoms with Crippen LogP contribution in [0, 0.1) is 11.8 Å². The van der Waals surface area contributed by atoms with Crippen LogP contribution >= 0.6 is 0 Å². The Labute approximate surface area is 122 Å². The van der Waals surface area contributed by atoms with Crippen molar-refractivity contribution < 1.29 is 9.84 Å². The molecule has 112 valence electrons. The molecule has 20 heavy (non-hydrogen) atoms. The summed E-state index contributed by atoms with van der Waals surface area (Å²) in [4.78, 5) is 2.37. The number of benzene rings is 1. The van der Waals surface area contributed by atoms with Gasteiger partial charge in [0.2, 0.25) is 0 Å². The molecular weight excluding hydrogens is 250 g/mol. The van der Waals surface area contributed by atoms with Crippen molar-refractivity contribution in [2.45, 2.75) is 33.0 Å². The summed E-state index contributed by atoms with van der Waals surface area (Å²) in [5, 5.41) is 10.1. The molecule has 3 nitrogen and oxygen atoms in total. The normalized spacial score (nSPS) is 25.6. The zero-order valence-electron chi connectivity index (χ0n) is 12.7. The Balaban J connectivity index is 1.66. The summed E-state index contributed by atoms with van der Waals surface area (Å²) in [5.41, 5.74) is 1.15. The second-order valence-electron chi connectivity index (χ2n) is 6.32. The van der Waals surface area contributed by atoms with Gasteiger partial charge in [-0.1, -0.05) is 44.2 Å². The van der Waals surface area contributed by atoms with Crippen molar-refractivity contribution in [3.8, 4) is 0 Å². The maximum absolute atomic E-state index is 10.1. The molecule has 1 aliphatic rings. The van der Waals surface area contributed by atoms with Crippen molar-refractivity contribution in [3.05, 3.63) is 35.9 Å². The van der Waals surface area contributed by atoms with Crippen molar-refractivity contribution in [1.29, 1.82) is 0 Å². The molecule has 0 unspecified atom stereocenters. The van der Waals surface area contributed by atoms with Crippen LogP contribution in [0.15, 0.2) is 30.3 Å². The molecule has 0 bridgehead atoms. The lowest BCUT2D eigenvalue weighted by Gasteiger charge is -2.35. The Kier molecular flexibility index (Phi) is 6.02. The predicted molar refractivity (Wildman–Crippen MR) is 81.5 cm³/mol. The molecule has 1 N–H and O–H groups in total. The fourth-order valence-corrected chi connectivity index (χ4v) is 3.18. The van der Waals surface area contributed by atoms with Crippen LogP contribution in [0.3, 0.4) is 0 Å². The fourth-order valence-electron chi connectivity index (χ4n) is 3.18. The Hall–Kier alpha value is -0.900. The van der Waals surface area contributed by atoms with Gasteiger partial charge in [0.15, 0.2) is 0 Å². The standard InChI is InChI=1S/C17H27NO2/c1-14-8-15(2)10-18(9-14)11-17(19)13-20-12-16-6-4-3-5-7-16/h3-7,14-15,17,19H,8-13H2,1-2H3/t14-,15-,17-/m1/s1. The summed E-state index contributed by atoms with van der Waals surface area (Å²) < 4.78 is 5.60. The van der Waals surface area contributed by atoms with E-state index in [2.05, 4.69) is 18.7 Å². The van der Waals surface area contributed by atoms with Gasteiger partial charge in [0.25, 0.3) is 0 Å². The van der Waals surface area contributed by atoms with Crippen LogP contribution < -0.4 is 0 Å². The number of piperidine rings is 1. The van der Waals surface area contributed by atoms with E-state index >= 15 is 0 Å². The van der Waals surface area contributed by atoms with Crippen molar-refractivity contribution in [2.24, 2.45) is 11.8 Å². The molecule has 0 aromatic heterocycles. The quantitative estimate of drug-likeness (QED) is 0.867. The zero-order valence-corrected chi connectivity index (χ0v) is 12.7. The number of rotatable bonds is 6. The minimum Gasteiger partial charge on any atom is -0.389 e. The Bertz CT molecular complexity index is 372. The molecule has 1 aromatic carbocycles. The molecule has 0 aliphatic carbocycles. The lowest BCUT2D eigenvalue weighted by atomic mass is 9.92. The zero-order chi connectivity index (χ0) is 14.4. The van der Waals surface area contributed by atoms with E-state index in [-0.39, 0.29) is 0 Å². The Morgan fingerprint density at radius 2 is 1.85 bits per heavy atom. The Morgan fingerprint density at radius 1 is 1.20 bits per heavy atom. The van der Waals surface area contributed by atoms with E-state index in [0.717, 1.165) is 37.0 Å². The van der Waals surface area contributed by atoms with Crippen LogP contribution in [-0.4, -0.2) is 42.4 Å². The smallest absolute Gasteiger partial charge is 0.0900 e. The largest absolute Gasteiger partial charge is 0.389 e. The van der Waals surface area contributed by atoms with Crippen LogP contribution in [0.1, 0.15) is 25.8 Å². The third-order valence-corrected chi connectivity index (χ3v) is 3.84. The van der Waals surface area contributed by atoms with Crippen LogP contribution in [0.25, 0.3) is 0 Å². The molecule has 1 saturated heterocycles. The first-order chi connectivity index (χ1) is 9.63. The minimum atomic E-state index is -0.392. The van der Waals surface area contributed by atoms with Gasteiger partial charge in [-0.25, -0.2) is 0 Å². The summed E-state index contributed by atoms with van der Waals surface area (Å²) in [7, 11) is 0. The van der Waals surface area contributed by atoms with Crippen molar-refractivity contribution in [3.63, 3.8) is 0 Å². The number of ether oxygens (including phenoxy) is 1. The molecule has 1 aromatic rings. The molecule has 0 saturated carbocycles. The molecule has 0 radical (unpaired) electrons. The third-order valence-electron chi connectivity index (χ3n) is 3.84. The Morgan fingerprint density at radius 3 is 2.50 bits per heavy atom. The predicted octanol–water partition coefficient (Wildman–Crippen LogP) is 2.54. The van der Waals surface area contributed by atoms with Gasteiger partial charge in [0.05, 0.1) is 19.3 Å². The van der Waals surface area contributed by atoms with Gasteiger partial charge in [0, 0.05) is 19.6 Å². The number of aliphatic hydroxyl groups excluding tert-OH is 1. The molecule has 2 rings (SSSR count). The van der Waals surface area contributed by atoms with Crippen LogP contribution in [0.5, 0.6) is 0 Å². The second-order valence-corrected chi connectivity index (χ2v) is 6.32. The second kappa shape index (κ2) is 7.77. The maximum Gasteiger partial charge on any atom is 0.0900 e. The summed E-state index contributed by atoms with van der Waals surface area (Å²) in [6, 6.07) is 10.1. The van der Waals surface area contributed by atoms with Crippen molar-refractivity contribution in [2.75, 3.05) is 26.2 Å². The van der Waals surface area contributed by atoms with Gasteiger partial charge in [0.1, 0.15) is 0 Å². The first-order valence-corrected chi connectivity index (χ1v) is 7.65. The first kappa shape index (κ1) is 15.5. The topological polar surface area (TPSA) is 32.7 Å². The molecule has 0 amide bonds. The lowest BCUT2D eigenvalue weighted by Crippen LogP contribution is -2.43. The average molecular weight is 277 g/mol. The molecule has 1 heterocycles. The number of nitrogens with zero attached hydrogens (tertiary/aromatic N) is 1. The highest BCUT2D eigenvalue weighted by molar-refractivity contribution is 5.13. The van der Waals surface area contributed by atoms with Crippen LogP contribution in [0.4, 0.5) is 0 Å². The first-order valence-electron chi connectivity index (χ1n) is 7.65. The van der Waals surface area contributed by atoms with E-state index in [1.54, 1.807) is 0 Å². The molecule has 3 atom stereocenters. The molecule has 1 fully saturated rings. The third kappa shape index (κ3) is 5.23. The highest BCUT2D eigenvalue weighted by atomic mass is 16.5. The lowest BCUT2D eigenvalue weighted by molar-refractivity contribution is -0.000893. The number of aliphatic hydroxyl groups is 1. The fraction of sp³-hybridized carbons (Fsp3) is 0.647. The molecule has 1 aliphatic heterocycles. The van der Waals surface area contributed by atoms with E-state index in [9.17, 15) is 5.11 Å². The van der Waals surface area contributed by atoms with Crippen LogP contribution in [0.2, 0.25) is 0 Å². The summed E-state index contributed by atoms with van der Waals surface area (Å²) in [6.07, 6.45) is 0.910. The SMILES string of the molecule is C[C@@H]1C[C@@H](C)CN(C[C@@H](O)COCc2ccccc2)C1. The van der Waals surface area contributed by atoms with Crippen molar-refractivity contribution >= 4 is 0 Å².